The number of carboxylic acid groups (broad SMARTS) is 1. The van der Waals surface area contributed by atoms with Crippen molar-refractivity contribution in [3.63, 3.8) is 0 Å². The molecule has 3 aromatic rings. The van der Waals surface area contributed by atoms with Gasteiger partial charge < -0.3 is 19.8 Å². The van der Waals surface area contributed by atoms with Gasteiger partial charge in [0.2, 0.25) is 0 Å². The number of hydrogen-bond acceptors (Lipinski definition) is 6. The average molecular weight is 622 g/mol. The molecule has 2 aliphatic rings. The van der Waals surface area contributed by atoms with E-state index in [9.17, 15) is 23.8 Å². The number of fused-ring (bicyclic) bond motifs is 1. The zero-order chi connectivity index (χ0) is 32.8. The molecular weight excluding hydrogens is 576 g/mol. The fourth-order valence-electron chi connectivity index (χ4n) is 6.63. The van der Waals surface area contributed by atoms with Gasteiger partial charge in [-0.05, 0) is 76.0 Å². The van der Waals surface area contributed by atoms with E-state index in [4.69, 9.17) is 9.72 Å². The number of hydrogen-bond donors (Lipinski definition) is 2. The molecule has 3 heterocycles. The van der Waals surface area contributed by atoms with Gasteiger partial charge in [0.1, 0.15) is 17.4 Å². The number of aromatic hydroxyl groups is 1. The summed E-state index contributed by atoms with van der Waals surface area (Å²) in [5.74, 6) is -2.98. The van der Waals surface area contributed by atoms with Gasteiger partial charge in [0.15, 0.2) is 6.10 Å². The molecule has 1 fully saturated rings. The number of piperidine rings is 1. The van der Waals surface area contributed by atoms with E-state index in [2.05, 4.69) is 36.9 Å². The molecule has 0 bridgehead atoms. The number of carbonyl (C=O) groups is 1. The van der Waals surface area contributed by atoms with Crippen LogP contribution in [-0.2, 0) is 29.0 Å². The number of phenols is 1. The topological polar surface area (TPSA) is 86.1 Å². The summed E-state index contributed by atoms with van der Waals surface area (Å²) in [5, 5.41) is 20.6. The van der Waals surface area contributed by atoms with E-state index < -0.39 is 29.3 Å². The zero-order valence-electron chi connectivity index (χ0n) is 27.4. The number of phenolic OH excluding ortho intramolecular Hbond substituents is 1. The van der Waals surface area contributed by atoms with Crippen molar-refractivity contribution in [1.29, 1.82) is 0 Å². The minimum Gasteiger partial charge on any atom is -0.507 e. The average Bonchev–Trinajstić information content (AvgIpc) is 2.93. The predicted molar refractivity (Wildman–Crippen MR) is 171 cm³/mol. The first-order chi connectivity index (χ1) is 21.0. The lowest BCUT2D eigenvalue weighted by Crippen LogP contribution is -2.39. The van der Waals surface area contributed by atoms with Gasteiger partial charge in [0, 0.05) is 72.9 Å². The molecule has 1 saturated heterocycles. The maximum absolute atomic E-state index is 14.5. The lowest BCUT2D eigenvalue weighted by molar-refractivity contribution is -0.160. The summed E-state index contributed by atoms with van der Waals surface area (Å²) in [7, 11) is 0. The lowest BCUT2D eigenvalue weighted by atomic mass is 9.81. The van der Waals surface area contributed by atoms with Gasteiger partial charge in [-0.3, -0.25) is 9.88 Å². The number of aliphatic carboxylic acids is 1. The third-order valence-electron chi connectivity index (χ3n) is 9.07. The van der Waals surface area contributed by atoms with Crippen LogP contribution in [0.25, 0.3) is 11.1 Å². The molecule has 0 amide bonds. The van der Waals surface area contributed by atoms with Gasteiger partial charge in [0.05, 0.1) is 11.3 Å². The Morgan fingerprint density at radius 3 is 2.36 bits per heavy atom. The fraction of sp³-hybridized carbons (Fsp3) is 0.500. The highest BCUT2D eigenvalue weighted by Gasteiger charge is 2.36. The SMILES string of the molecule is Cc1nc(C)c(C(OC(C)(C)C)C(=O)O)c(N2CCC(C)(C)CC2)c1-c1ccc2c(c1)CCN(Cc1c(O)cc(F)cc1F)C2. The van der Waals surface area contributed by atoms with Crippen molar-refractivity contribution in [3.05, 3.63) is 75.6 Å². The number of pyridine rings is 1. The summed E-state index contributed by atoms with van der Waals surface area (Å²) in [6, 6.07) is 8.04. The number of benzene rings is 2. The molecule has 45 heavy (non-hydrogen) atoms. The van der Waals surface area contributed by atoms with E-state index in [1.165, 1.54) is 0 Å². The summed E-state index contributed by atoms with van der Waals surface area (Å²) in [5.41, 5.74) is 6.69. The van der Waals surface area contributed by atoms with Gasteiger partial charge in [-0.25, -0.2) is 13.6 Å². The maximum atomic E-state index is 14.5. The van der Waals surface area contributed by atoms with Crippen molar-refractivity contribution >= 4 is 11.7 Å². The Kier molecular flexibility index (Phi) is 8.99. The number of aromatic nitrogens is 1. The first-order valence-corrected chi connectivity index (χ1v) is 15.7. The molecule has 0 saturated carbocycles. The second kappa shape index (κ2) is 12.3. The second-order valence-corrected chi connectivity index (χ2v) is 14.3. The number of halogens is 2. The van der Waals surface area contributed by atoms with Gasteiger partial charge in [-0.2, -0.15) is 0 Å². The molecule has 1 unspecified atom stereocenters. The number of aryl methyl sites for hydroxylation is 2. The molecule has 5 rings (SSSR count). The summed E-state index contributed by atoms with van der Waals surface area (Å²) in [4.78, 5) is 22.0. The molecular formula is C36H45F2N3O4. The van der Waals surface area contributed by atoms with E-state index in [1.54, 1.807) is 0 Å². The van der Waals surface area contributed by atoms with Crippen LogP contribution in [0.15, 0.2) is 30.3 Å². The highest BCUT2D eigenvalue weighted by molar-refractivity contribution is 5.88. The van der Waals surface area contributed by atoms with E-state index in [0.717, 1.165) is 71.7 Å². The Morgan fingerprint density at radius 2 is 1.73 bits per heavy atom. The van der Waals surface area contributed by atoms with Crippen LogP contribution >= 0.6 is 0 Å². The first-order valence-electron chi connectivity index (χ1n) is 15.7. The van der Waals surface area contributed by atoms with E-state index in [1.807, 2.05) is 39.5 Å². The van der Waals surface area contributed by atoms with Crippen molar-refractivity contribution in [1.82, 2.24) is 9.88 Å². The van der Waals surface area contributed by atoms with Gasteiger partial charge in [-0.15, -0.1) is 0 Å². The van der Waals surface area contributed by atoms with Crippen LogP contribution in [0.5, 0.6) is 5.75 Å². The number of ether oxygens (including phenoxy) is 1. The van der Waals surface area contributed by atoms with E-state index in [0.29, 0.717) is 30.8 Å². The summed E-state index contributed by atoms with van der Waals surface area (Å²) in [6.07, 6.45) is 1.48. The summed E-state index contributed by atoms with van der Waals surface area (Å²) in [6.45, 7) is 16.9. The van der Waals surface area contributed by atoms with Crippen LogP contribution in [0.2, 0.25) is 0 Å². The molecule has 242 valence electrons. The van der Waals surface area contributed by atoms with E-state index in [-0.39, 0.29) is 23.3 Å². The monoisotopic (exact) mass is 621 g/mol. The molecule has 0 spiro atoms. The summed E-state index contributed by atoms with van der Waals surface area (Å²) < 4.78 is 34.2. The van der Waals surface area contributed by atoms with Crippen LogP contribution in [0.4, 0.5) is 14.5 Å². The number of rotatable bonds is 7. The molecule has 1 aromatic heterocycles. The molecule has 9 heteroatoms. The van der Waals surface area contributed by atoms with Gasteiger partial charge in [0.25, 0.3) is 0 Å². The predicted octanol–water partition coefficient (Wildman–Crippen LogP) is 7.47. The van der Waals surface area contributed by atoms with Crippen molar-refractivity contribution < 1.29 is 28.5 Å². The molecule has 2 N–H and O–H groups in total. The highest BCUT2D eigenvalue weighted by atomic mass is 19.1. The largest absolute Gasteiger partial charge is 0.507 e. The first kappa shape index (κ1) is 32.8. The molecule has 0 aliphatic carbocycles. The molecule has 2 aromatic carbocycles. The number of nitrogens with zero attached hydrogens (tertiary/aromatic N) is 3. The Bertz CT molecular complexity index is 1580. The quantitative estimate of drug-likeness (QED) is 0.283. The normalized spacial score (nSPS) is 17.7. The Labute approximate surface area is 264 Å². The smallest absolute Gasteiger partial charge is 0.337 e. The summed E-state index contributed by atoms with van der Waals surface area (Å²) >= 11 is 0. The molecule has 1 atom stereocenters. The zero-order valence-corrected chi connectivity index (χ0v) is 27.4. The Hall–Kier alpha value is -3.56. The van der Waals surface area contributed by atoms with Crippen LogP contribution in [0, 0.1) is 30.9 Å². The van der Waals surface area contributed by atoms with Gasteiger partial charge in [-0.1, -0.05) is 32.0 Å². The van der Waals surface area contributed by atoms with Crippen molar-refractivity contribution in [2.75, 3.05) is 24.5 Å². The third kappa shape index (κ3) is 7.15. The van der Waals surface area contributed by atoms with Crippen LogP contribution in [-0.4, -0.2) is 51.3 Å². The fourth-order valence-corrected chi connectivity index (χ4v) is 6.63. The second-order valence-electron chi connectivity index (χ2n) is 14.3. The molecule has 7 nitrogen and oxygen atoms in total. The van der Waals surface area contributed by atoms with Crippen LogP contribution < -0.4 is 4.90 Å². The Balaban J connectivity index is 1.56. The minimum atomic E-state index is -1.18. The van der Waals surface area contributed by atoms with Crippen LogP contribution in [0.1, 0.15) is 87.2 Å². The lowest BCUT2D eigenvalue weighted by Gasteiger charge is -2.41. The van der Waals surface area contributed by atoms with Crippen molar-refractivity contribution in [2.45, 2.75) is 92.5 Å². The minimum absolute atomic E-state index is 0.0881. The third-order valence-corrected chi connectivity index (χ3v) is 9.07. The standard InChI is InChI=1S/C36H45F2N3O4/c1-21-30(24-8-9-25-19-40(13-10-23(25)16-24)20-27-28(38)17-26(37)18-29(27)42)32(41-14-11-36(6,7)12-15-41)31(22(2)39-21)33(34(43)44)45-35(3,4)5/h8-9,16-18,33,42H,10-15,19-20H2,1-7H3,(H,43,44). The number of anilines is 1. The van der Waals surface area contributed by atoms with Crippen molar-refractivity contribution in [2.24, 2.45) is 5.41 Å². The maximum Gasteiger partial charge on any atom is 0.337 e. The van der Waals surface area contributed by atoms with E-state index >= 15 is 0 Å². The highest BCUT2D eigenvalue weighted by Crippen LogP contribution is 2.45. The molecule has 0 radical (unpaired) electrons. The van der Waals surface area contributed by atoms with Gasteiger partial charge >= 0.3 is 5.97 Å². The van der Waals surface area contributed by atoms with Crippen molar-refractivity contribution in [3.8, 4) is 16.9 Å². The number of carboxylic acids is 1. The van der Waals surface area contributed by atoms with Crippen LogP contribution in [0.3, 0.4) is 0 Å². The molecule has 2 aliphatic heterocycles. The Morgan fingerprint density at radius 1 is 1.04 bits per heavy atom.